The van der Waals surface area contributed by atoms with Gasteiger partial charge in [0.2, 0.25) is 0 Å². The van der Waals surface area contributed by atoms with Crippen LogP contribution in [0.5, 0.6) is 5.75 Å². The van der Waals surface area contributed by atoms with Crippen molar-refractivity contribution in [3.63, 3.8) is 0 Å². The zero-order valence-electron chi connectivity index (χ0n) is 14.4. The molecule has 2 bridgehead atoms. The summed E-state index contributed by atoms with van der Waals surface area (Å²) in [7, 11) is 0. The highest BCUT2D eigenvalue weighted by Crippen LogP contribution is 2.29. The molecule has 1 aromatic carbocycles. The lowest BCUT2D eigenvalue weighted by Crippen LogP contribution is -2.39. The van der Waals surface area contributed by atoms with E-state index in [1.165, 1.54) is 12.1 Å². The number of rotatable bonds is 0. The summed E-state index contributed by atoms with van der Waals surface area (Å²) in [5, 5.41) is 7.85. The van der Waals surface area contributed by atoms with E-state index in [-0.39, 0.29) is 17.8 Å². The van der Waals surface area contributed by atoms with Crippen LogP contribution >= 0.6 is 0 Å². The molecule has 7 nitrogen and oxygen atoms in total. The number of aliphatic imine (C=N–C) groups is 1. The lowest BCUT2D eigenvalue weighted by Gasteiger charge is -2.25. The van der Waals surface area contributed by atoms with Gasteiger partial charge in [-0.3, -0.25) is 14.8 Å². The van der Waals surface area contributed by atoms with Crippen LogP contribution in [0.1, 0.15) is 24.9 Å². The standard InChI is InChI=1S/C18H20FN5O2/c1-11-13-9-12(19)3-4-15(13)26-8-2-6-20-18(25)14-10-21-24-7-5-16(22-11)23-17(14)24/h3-5,7,9,11,21H,2,6,8,10H2,1H3,(H,20,25)(H,22,23). The van der Waals surface area contributed by atoms with E-state index in [1.807, 2.05) is 13.1 Å². The van der Waals surface area contributed by atoms with E-state index in [1.54, 1.807) is 17.2 Å². The van der Waals surface area contributed by atoms with Gasteiger partial charge >= 0.3 is 0 Å². The molecule has 8 heteroatoms. The van der Waals surface area contributed by atoms with E-state index in [4.69, 9.17) is 4.74 Å². The Morgan fingerprint density at radius 1 is 1.38 bits per heavy atom. The SMILES string of the molecule is CC1N=C2C=CN3NCC(=C3N2)C(=O)NCCCOc2ccc(F)cc21. The number of hydrogen-bond donors (Lipinski definition) is 3. The largest absolute Gasteiger partial charge is 0.493 e. The highest BCUT2D eigenvalue weighted by Gasteiger charge is 2.29. The van der Waals surface area contributed by atoms with Crippen molar-refractivity contribution in [1.29, 1.82) is 0 Å². The van der Waals surface area contributed by atoms with Gasteiger partial charge in [0.25, 0.3) is 5.91 Å². The molecule has 1 amide bonds. The van der Waals surface area contributed by atoms with E-state index in [0.717, 1.165) is 0 Å². The van der Waals surface area contributed by atoms with E-state index in [2.05, 4.69) is 21.1 Å². The molecule has 1 unspecified atom stereocenters. The molecule has 0 spiro atoms. The van der Waals surface area contributed by atoms with Gasteiger partial charge < -0.3 is 15.4 Å². The molecule has 3 aliphatic heterocycles. The van der Waals surface area contributed by atoms with E-state index < -0.39 is 0 Å². The Labute approximate surface area is 150 Å². The smallest absolute Gasteiger partial charge is 0.252 e. The molecule has 0 radical (unpaired) electrons. The summed E-state index contributed by atoms with van der Waals surface area (Å²) in [5.41, 5.74) is 4.44. The molecule has 4 rings (SSSR count). The third-order valence-corrected chi connectivity index (χ3v) is 4.47. The van der Waals surface area contributed by atoms with Crippen molar-refractivity contribution in [2.45, 2.75) is 19.4 Å². The fourth-order valence-corrected chi connectivity index (χ4v) is 3.12. The Hall–Kier alpha value is -2.87. The molecule has 0 saturated carbocycles. The van der Waals surface area contributed by atoms with E-state index >= 15 is 0 Å². The summed E-state index contributed by atoms with van der Waals surface area (Å²) in [5.74, 6) is 1.44. The Balaban J connectivity index is 1.74. The van der Waals surface area contributed by atoms with Gasteiger partial charge in [0.15, 0.2) is 0 Å². The first-order chi connectivity index (χ1) is 12.6. The Morgan fingerprint density at radius 3 is 3.15 bits per heavy atom. The Morgan fingerprint density at radius 2 is 2.27 bits per heavy atom. The molecule has 1 aromatic rings. The predicted molar refractivity (Wildman–Crippen MR) is 94.5 cm³/mol. The number of halogens is 1. The van der Waals surface area contributed by atoms with Crippen LogP contribution < -0.4 is 20.8 Å². The number of carbonyl (C=O) groups is 1. The second-order valence-corrected chi connectivity index (χ2v) is 6.30. The second kappa shape index (κ2) is 6.80. The van der Waals surface area contributed by atoms with Crippen molar-refractivity contribution in [3.05, 3.63) is 53.2 Å². The molecule has 26 heavy (non-hydrogen) atoms. The molecule has 0 fully saturated rings. The fourth-order valence-electron chi connectivity index (χ4n) is 3.12. The zero-order valence-corrected chi connectivity index (χ0v) is 14.4. The van der Waals surface area contributed by atoms with Gasteiger partial charge in [0.05, 0.1) is 18.2 Å². The molecule has 1 atom stereocenters. The number of nitrogens with zero attached hydrogens (tertiary/aromatic N) is 2. The predicted octanol–water partition coefficient (Wildman–Crippen LogP) is 1.33. The van der Waals surface area contributed by atoms with Crippen molar-refractivity contribution in [2.75, 3.05) is 19.7 Å². The summed E-state index contributed by atoms with van der Waals surface area (Å²) < 4.78 is 19.6. The Bertz CT molecular complexity index is 833. The van der Waals surface area contributed by atoms with E-state index in [9.17, 15) is 9.18 Å². The third-order valence-electron chi connectivity index (χ3n) is 4.47. The number of hydrazine groups is 1. The van der Waals surface area contributed by atoms with Gasteiger partial charge in [0, 0.05) is 24.9 Å². The molecular formula is C18H20FN5O2. The number of carbonyl (C=O) groups excluding carboxylic acids is 1. The first-order valence-electron chi connectivity index (χ1n) is 8.61. The highest BCUT2D eigenvalue weighted by atomic mass is 19.1. The van der Waals surface area contributed by atoms with Crippen molar-refractivity contribution in [3.8, 4) is 5.75 Å². The van der Waals surface area contributed by atoms with E-state index in [0.29, 0.717) is 54.7 Å². The lowest BCUT2D eigenvalue weighted by atomic mass is 10.1. The van der Waals surface area contributed by atoms with Crippen LogP contribution in [-0.4, -0.2) is 36.4 Å². The third kappa shape index (κ3) is 3.15. The molecular weight excluding hydrogens is 337 g/mol. The number of fused-ring (bicyclic) bond motifs is 2. The first-order valence-corrected chi connectivity index (χ1v) is 8.61. The van der Waals surface area contributed by atoms with Gasteiger partial charge in [-0.1, -0.05) is 0 Å². The first kappa shape index (κ1) is 16.6. The summed E-state index contributed by atoms with van der Waals surface area (Å²) in [6, 6.07) is 4.15. The summed E-state index contributed by atoms with van der Waals surface area (Å²) in [6.45, 7) is 3.25. The maximum atomic E-state index is 13.8. The summed E-state index contributed by atoms with van der Waals surface area (Å²) in [4.78, 5) is 17.1. The minimum atomic E-state index is -0.323. The number of ether oxygens (including phenoxy) is 1. The van der Waals surface area contributed by atoms with Gasteiger partial charge in [-0.25, -0.2) is 9.82 Å². The molecule has 3 N–H and O–H groups in total. The normalized spacial score (nSPS) is 22.7. The quantitative estimate of drug-likeness (QED) is 0.653. The van der Waals surface area contributed by atoms with Crippen molar-refractivity contribution >= 4 is 11.7 Å². The van der Waals surface area contributed by atoms with Crippen molar-refractivity contribution < 1.29 is 13.9 Å². The molecule has 136 valence electrons. The molecule has 0 saturated heterocycles. The molecule has 0 aliphatic carbocycles. The minimum absolute atomic E-state index is 0.121. The van der Waals surface area contributed by atoms with Crippen LogP contribution in [0.15, 0.2) is 46.9 Å². The van der Waals surface area contributed by atoms with Gasteiger partial charge in [-0.15, -0.1) is 0 Å². The van der Waals surface area contributed by atoms with Gasteiger partial charge in [-0.2, -0.15) is 0 Å². The van der Waals surface area contributed by atoms with Crippen LogP contribution in [0.3, 0.4) is 0 Å². The number of nitrogens with one attached hydrogen (secondary N) is 3. The van der Waals surface area contributed by atoms with Crippen molar-refractivity contribution in [2.24, 2.45) is 4.99 Å². The number of amidine groups is 1. The Kier molecular flexibility index (Phi) is 4.34. The minimum Gasteiger partial charge on any atom is -0.493 e. The number of amides is 1. The lowest BCUT2D eigenvalue weighted by molar-refractivity contribution is -0.117. The molecule has 3 heterocycles. The molecule has 0 aromatic heterocycles. The van der Waals surface area contributed by atoms with Crippen LogP contribution in [0.4, 0.5) is 4.39 Å². The van der Waals surface area contributed by atoms with Gasteiger partial charge in [0.1, 0.15) is 23.2 Å². The summed E-state index contributed by atoms with van der Waals surface area (Å²) in [6.07, 6.45) is 4.27. The van der Waals surface area contributed by atoms with Crippen LogP contribution in [0.2, 0.25) is 0 Å². The highest BCUT2D eigenvalue weighted by molar-refractivity contribution is 5.99. The summed E-state index contributed by atoms with van der Waals surface area (Å²) >= 11 is 0. The average molecular weight is 357 g/mol. The number of hydrogen-bond acceptors (Lipinski definition) is 6. The second-order valence-electron chi connectivity index (χ2n) is 6.30. The zero-order chi connectivity index (χ0) is 18.1. The van der Waals surface area contributed by atoms with Gasteiger partial charge in [-0.05, 0) is 37.6 Å². The number of benzene rings is 1. The molecule has 3 aliphatic rings. The maximum Gasteiger partial charge on any atom is 0.252 e. The van der Waals surface area contributed by atoms with Crippen LogP contribution in [0.25, 0.3) is 0 Å². The van der Waals surface area contributed by atoms with Crippen LogP contribution in [-0.2, 0) is 4.79 Å². The van der Waals surface area contributed by atoms with Crippen LogP contribution in [0, 0.1) is 5.82 Å². The monoisotopic (exact) mass is 357 g/mol. The fraction of sp³-hybridized carbons (Fsp3) is 0.333. The average Bonchev–Trinajstić information content (AvgIpc) is 3.05. The maximum absolute atomic E-state index is 13.8. The topological polar surface area (TPSA) is 78.0 Å². The van der Waals surface area contributed by atoms with Crippen molar-refractivity contribution in [1.82, 2.24) is 21.1 Å².